The van der Waals surface area contributed by atoms with Gasteiger partial charge in [0, 0.05) is 17.8 Å². The highest BCUT2D eigenvalue weighted by molar-refractivity contribution is 7.57. The van der Waals surface area contributed by atoms with Crippen LogP contribution in [0.3, 0.4) is 0 Å². The SMILES string of the molecule is CC(C)(C)C(=O)OCOP(=O)(C=CC1(Cn2cnc3c(N)ncnc32)CC1)OCOC(=O)C(C)(C)C. The molecular formula is C23H34N5O7P. The summed E-state index contributed by atoms with van der Waals surface area (Å²) in [5, 5.41) is 0. The minimum Gasteiger partial charge on any atom is -0.438 e. The van der Waals surface area contributed by atoms with Gasteiger partial charge < -0.3 is 19.8 Å². The molecule has 198 valence electrons. The molecule has 0 radical (unpaired) electrons. The molecule has 2 aromatic heterocycles. The van der Waals surface area contributed by atoms with Crippen LogP contribution < -0.4 is 5.73 Å². The van der Waals surface area contributed by atoms with Gasteiger partial charge in [-0.2, -0.15) is 0 Å². The Bertz CT molecular complexity index is 1160. The quantitative estimate of drug-likeness (QED) is 0.272. The predicted octanol–water partition coefficient (Wildman–Crippen LogP) is 4.02. The van der Waals surface area contributed by atoms with E-state index in [1.165, 1.54) is 12.1 Å². The lowest BCUT2D eigenvalue weighted by Crippen LogP contribution is -2.24. The molecule has 0 bridgehead atoms. The van der Waals surface area contributed by atoms with E-state index in [0.29, 0.717) is 23.5 Å². The van der Waals surface area contributed by atoms with Crippen LogP contribution in [0, 0.1) is 16.2 Å². The van der Waals surface area contributed by atoms with Crippen LogP contribution in [0.1, 0.15) is 54.4 Å². The van der Waals surface area contributed by atoms with Gasteiger partial charge in [-0.3, -0.25) is 23.2 Å². The van der Waals surface area contributed by atoms with Gasteiger partial charge >= 0.3 is 19.5 Å². The lowest BCUT2D eigenvalue weighted by molar-refractivity contribution is -0.161. The number of nitrogen functional groups attached to an aromatic ring is 1. The molecule has 1 saturated carbocycles. The molecule has 1 aliphatic carbocycles. The molecule has 2 heterocycles. The summed E-state index contributed by atoms with van der Waals surface area (Å²) in [4.78, 5) is 36.6. The molecule has 3 rings (SSSR count). The van der Waals surface area contributed by atoms with Crippen molar-refractivity contribution in [3.05, 3.63) is 24.5 Å². The third-order valence-electron chi connectivity index (χ3n) is 5.49. The largest absolute Gasteiger partial charge is 0.438 e. The summed E-state index contributed by atoms with van der Waals surface area (Å²) >= 11 is 0. The number of hydrogen-bond donors (Lipinski definition) is 1. The third kappa shape index (κ3) is 7.11. The summed E-state index contributed by atoms with van der Waals surface area (Å²) in [5.74, 6) is 0.562. The number of hydrogen-bond acceptors (Lipinski definition) is 11. The van der Waals surface area contributed by atoms with Crippen LogP contribution >= 0.6 is 7.60 Å². The Labute approximate surface area is 210 Å². The summed E-state index contributed by atoms with van der Waals surface area (Å²) < 4.78 is 36.2. The highest BCUT2D eigenvalue weighted by Gasteiger charge is 2.42. The van der Waals surface area contributed by atoms with Gasteiger partial charge in [-0.25, -0.2) is 15.0 Å². The first kappa shape index (κ1) is 27.8. The van der Waals surface area contributed by atoms with E-state index < -0.39 is 44.0 Å². The zero-order valence-electron chi connectivity index (χ0n) is 21.5. The van der Waals surface area contributed by atoms with Crippen molar-refractivity contribution in [2.45, 2.75) is 60.9 Å². The smallest absolute Gasteiger partial charge is 0.359 e. The van der Waals surface area contributed by atoms with Gasteiger partial charge in [-0.15, -0.1) is 0 Å². The van der Waals surface area contributed by atoms with Crippen LogP contribution in [0.4, 0.5) is 5.82 Å². The van der Waals surface area contributed by atoms with E-state index in [9.17, 15) is 14.2 Å². The minimum atomic E-state index is -3.94. The number of aromatic nitrogens is 4. The fourth-order valence-electron chi connectivity index (χ4n) is 3.00. The Balaban J connectivity index is 1.72. The van der Waals surface area contributed by atoms with Gasteiger partial charge in [0.05, 0.1) is 17.2 Å². The van der Waals surface area contributed by atoms with E-state index >= 15 is 0 Å². The minimum absolute atomic E-state index is 0.292. The van der Waals surface area contributed by atoms with Crippen LogP contribution in [-0.4, -0.2) is 45.0 Å². The van der Waals surface area contributed by atoms with Crippen LogP contribution in [0.2, 0.25) is 0 Å². The molecule has 0 spiro atoms. The molecule has 2 aromatic rings. The summed E-state index contributed by atoms with van der Waals surface area (Å²) in [6, 6.07) is 0. The molecule has 12 nitrogen and oxygen atoms in total. The van der Waals surface area contributed by atoms with E-state index in [1.807, 2.05) is 4.57 Å². The monoisotopic (exact) mass is 523 g/mol. The van der Waals surface area contributed by atoms with Crippen LogP contribution in [0.25, 0.3) is 11.2 Å². The van der Waals surface area contributed by atoms with Crippen molar-refractivity contribution in [3.8, 4) is 0 Å². The van der Waals surface area contributed by atoms with Crippen LogP contribution in [0.5, 0.6) is 0 Å². The van der Waals surface area contributed by atoms with Crippen molar-refractivity contribution in [2.24, 2.45) is 16.2 Å². The molecule has 36 heavy (non-hydrogen) atoms. The third-order valence-corrected chi connectivity index (χ3v) is 6.93. The maximum Gasteiger partial charge on any atom is 0.359 e. The maximum atomic E-state index is 13.4. The molecular weight excluding hydrogens is 489 g/mol. The Morgan fingerprint density at radius 1 is 1.03 bits per heavy atom. The van der Waals surface area contributed by atoms with Crippen molar-refractivity contribution >= 4 is 36.5 Å². The number of fused-ring (bicyclic) bond motifs is 1. The van der Waals surface area contributed by atoms with Crippen molar-refractivity contribution in [1.82, 2.24) is 19.5 Å². The van der Waals surface area contributed by atoms with Gasteiger partial charge in [0.15, 0.2) is 11.5 Å². The van der Waals surface area contributed by atoms with E-state index in [4.69, 9.17) is 24.3 Å². The number of carbonyl (C=O) groups is 2. The van der Waals surface area contributed by atoms with Crippen LogP contribution in [0.15, 0.2) is 24.5 Å². The average Bonchev–Trinajstić information content (AvgIpc) is 3.42. The summed E-state index contributed by atoms with van der Waals surface area (Å²) in [5.41, 5.74) is 5.13. The topological polar surface area (TPSA) is 158 Å². The summed E-state index contributed by atoms with van der Waals surface area (Å²) in [6.45, 7) is 9.46. The number of esters is 2. The van der Waals surface area contributed by atoms with Crippen molar-refractivity contribution in [2.75, 3.05) is 19.3 Å². The second-order valence-corrected chi connectivity index (χ2v) is 12.8. The Hall–Kier alpha value is -2.82. The number of nitrogens with two attached hydrogens (primary N) is 1. The van der Waals surface area contributed by atoms with Crippen molar-refractivity contribution in [3.63, 3.8) is 0 Å². The summed E-state index contributed by atoms with van der Waals surface area (Å²) in [7, 11) is -3.94. The summed E-state index contributed by atoms with van der Waals surface area (Å²) in [6.07, 6.45) is 6.40. The first-order valence-corrected chi connectivity index (χ1v) is 13.1. The fraction of sp³-hybridized carbons (Fsp3) is 0.609. The number of anilines is 1. The van der Waals surface area contributed by atoms with Crippen molar-refractivity contribution < 1.29 is 32.7 Å². The van der Waals surface area contributed by atoms with Gasteiger partial charge in [-0.05, 0) is 54.4 Å². The zero-order chi connectivity index (χ0) is 26.8. The van der Waals surface area contributed by atoms with E-state index in [2.05, 4.69) is 15.0 Å². The first-order valence-electron chi connectivity index (χ1n) is 11.5. The van der Waals surface area contributed by atoms with Crippen LogP contribution in [-0.2, 0) is 39.2 Å². The second-order valence-electron chi connectivity index (χ2n) is 10.9. The molecule has 0 saturated heterocycles. The van der Waals surface area contributed by atoms with Gasteiger partial charge in [0.25, 0.3) is 0 Å². The number of allylic oxidation sites excluding steroid dienone is 1. The lowest BCUT2D eigenvalue weighted by Gasteiger charge is -2.21. The highest BCUT2D eigenvalue weighted by atomic mass is 31.2. The molecule has 0 aromatic carbocycles. The molecule has 1 fully saturated rings. The second kappa shape index (κ2) is 10.3. The Kier molecular flexibility index (Phi) is 7.92. The van der Waals surface area contributed by atoms with E-state index in [-0.39, 0.29) is 5.41 Å². The molecule has 0 amide bonds. The lowest BCUT2D eigenvalue weighted by atomic mass is 9.98. The number of carbonyl (C=O) groups excluding carboxylic acids is 2. The molecule has 0 unspecified atom stereocenters. The number of nitrogens with zero attached hydrogens (tertiary/aromatic N) is 4. The highest BCUT2D eigenvalue weighted by Crippen LogP contribution is 2.55. The molecule has 13 heteroatoms. The number of ether oxygens (including phenoxy) is 2. The molecule has 2 N–H and O–H groups in total. The van der Waals surface area contributed by atoms with E-state index in [1.54, 1.807) is 53.9 Å². The Morgan fingerprint density at radius 2 is 1.58 bits per heavy atom. The Morgan fingerprint density at radius 3 is 2.08 bits per heavy atom. The molecule has 0 atom stereocenters. The average molecular weight is 524 g/mol. The van der Waals surface area contributed by atoms with Gasteiger partial charge in [0.2, 0.25) is 13.6 Å². The zero-order valence-corrected chi connectivity index (χ0v) is 22.4. The first-order chi connectivity index (χ1) is 16.6. The van der Waals surface area contributed by atoms with Gasteiger partial charge in [0.1, 0.15) is 11.8 Å². The predicted molar refractivity (Wildman–Crippen MR) is 131 cm³/mol. The van der Waals surface area contributed by atoms with Crippen molar-refractivity contribution in [1.29, 1.82) is 0 Å². The standard InChI is InChI=1S/C23H34N5O7P/c1-21(2,3)19(29)32-14-34-36(31,35-15-33-20(30)22(4,5)6)10-9-23(7-8-23)11-28-13-27-16-17(24)25-12-26-18(16)28/h9-10,12-13H,7-8,11,14-15H2,1-6H3,(H2,24,25,26). The number of rotatable bonds is 10. The molecule has 0 aliphatic heterocycles. The normalized spacial score (nSPS) is 15.8. The molecule has 1 aliphatic rings. The fourth-order valence-corrected chi connectivity index (χ4v) is 4.15. The maximum absolute atomic E-state index is 13.4. The van der Waals surface area contributed by atoms with E-state index in [0.717, 1.165) is 12.8 Å². The van der Waals surface area contributed by atoms with Gasteiger partial charge in [-0.1, -0.05) is 6.08 Å². The number of imidazole rings is 1.